The second kappa shape index (κ2) is 12.0. The molecule has 1 N–H and O–H groups in total. The fourth-order valence-corrected chi connectivity index (χ4v) is 4.73. The van der Waals surface area contributed by atoms with E-state index in [0.29, 0.717) is 6.54 Å². The van der Waals surface area contributed by atoms with Crippen LogP contribution in [0.5, 0.6) is 0 Å². The number of hydrogen-bond donors (Lipinski definition) is 1. The molecule has 0 saturated heterocycles. The standard InChI is InChI=1S/C28H39N3O2/c1-5-11-23(12-6-2)28(33)29-24-18-17-22-16-15-21-13-9-10-14-25(21)31(26(22)19-24)27(32)20-30(7-3)8-4/h9-10,13-14,17-19,23H,5-8,11-12,15-16,20H2,1-4H3,(H,29,33). The normalized spacial score (nSPS) is 13.0. The smallest absolute Gasteiger partial charge is 0.245 e. The van der Waals surface area contributed by atoms with Crippen LogP contribution in [0.4, 0.5) is 17.1 Å². The van der Waals surface area contributed by atoms with Crippen molar-refractivity contribution in [2.75, 3.05) is 29.9 Å². The summed E-state index contributed by atoms with van der Waals surface area (Å²) in [4.78, 5) is 30.6. The third-order valence-corrected chi connectivity index (χ3v) is 6.64. The molecule has 0 radical (unpaired) electrons. The molecule has 0 aliphatic carbocycles. The number of hydrogen-bond acceptors (Lipinski definition) is 3. The number of likely N-dealkylation sites (N-methyl/N-ethyl adjacent to an activating group) is 1. The van der Waals surface area contributed by atoms with Gasteiger partial charge in [-0.05, 0) is 68.1 Å². The topological polar surface area (TPSA) is 52.7 Å². The fourth-order valence-electron chi connectivity index (χ4n) is 4.73. The van der Waals surface area contributed by atoms with Crippen molar-refractivity contribution in [2.24, 2.45) is 5.92 Å². The Morgan fingerprint density at radius 2 is 1.55 bits per heavy atom. The SMILES string of the molecule is CCCC(CCC)C(=O)Nc1ccc2c(c1)N(C(=O)CN(CC)CC)c1ccccc1CC2. The molecule has 2 amide bonds. The molecular formula is C28H39N3O2. The Kier molecular flexibility index (Phi) is 9.07. The van der Waals surface area contributed by atoms with E-state index in [1.807, 2.05) is 35.2 Å². The minimum atomic E-state index is 0.0277. The van der Waals surface area contributed by atoms with Gasteiger partial charge in [-0.25, -0.2) is 0 Å². The summed E-state index contributed by atoms with van der Waals surface area (Å²) < 4.78 is 0. The Bertz CT molecular complexity index is 946. The van der Waals surface area contributed by atoms with Crippen LogP contribution in [-0.2, 0) is 22.4 Å². The van der Waals surface area contributed by atoms with Gasteiger partial charge in [-0.15, -0.1) is 0 Å². The first-order valence-corrected chi connectivity index (χ1v) is 12.6. The number of aryl methyl sites for hydroxylation is 2. The Morgan fingerprint density at radius 1 is 0.909 bits per heavy atom. The summed E-state index contributed by atoms with van der Waals surface area (Å²) in [5.41, 5.74) is 4.91. The van der Waals surface area contributed by atoms with Crippen molar-refractivity contribution < 1.29 is 9.59 Å². The number of carbonyl (C=O) groups excluding carboxylic acids is 2. The lowest BCUT2D eigenvalue weighted by atomic mass is 9.97. The third kappa shape index (κ3) is 6.02. The minimum Gasteiger partial charge on any atom is -0.326 e. The number of carbonyl (C=O) groups is 2. The van der Waals surface area contributed by atoms with Crippen LogP contribution in [-0.4, -0.2) is 36.3 Å². The zero-order valence-corrected chi connectivity index (χ0v) is 20.7. The quantitative estimate of drug-likeness (QED) is 0.488. The second-order valence-corrected chi connectivity index (χ2v) is 8.93. The van der Waals surface area contributed by atoms with E-state index in [9.17, 15) is 9.59 Å². The molecule has 2 aromatic carbocycles. The van der Waals surface area contributed by atoms with Gasteiger partial charge in [0, 0.05) is 11.6 Å². The zero-order valence-electron chi connectivity index (χ0n) is 20.7. The largest absolute Gasteiger partial charge is 0.326 e. The molecule has 5 nitrogen and oxygen atoms in total. The molecule has 0 fully saturated rings. The van der Waals surface area contributed by atoms with Crippen molar-refractivity contribution in [3.63, 3.8) is 0 Å². The highest BCUT2D eigenvalue weighted by Crippen LogP contribution is 2.38. The predicted octanol–water partition coefficient (Wildman–Crippen LogP) is 5.95. The van der Waals surface area contributed by atoms with Crippen molar-refractivity contribution in [1.82, 2.24) is 4.90 Å². The number of nitrogens with one attached hydrogen (secondary N) is 1. The molecule has 0 unspecified atom stereocenters. The van der Waals surface area contributed by atoms with Gasteiger partial charge in [-0.1, -0.05) is 64.8 Å². The first-order chi connectivity index (χ1) is 16.0. The molecule has 1 aliphatic heterocycles. The number of anilines is 3. The summed E-state index contributed by atoms with van der Waals surface area (Å²) in [6.07, 6.45) is 5.53. The molecule has 0 saturated carbocycles. The van der Waals surface area contributed by atoms with Crippen molar-refractivity contribution in [3.8, 4) is 0 Å². The van der Waals surface area contributed by atoms with E-state index < -0.39 is 0 Å². The lowest BCUT2D eigenvalue weighted by molar-refractivity contribution is -0.120. The first kappa shape index (κ1) is 25.0. The van der Waals surface area contributed by atoms with E-state index in [4.69, 9.17) is 0 Å². The van der Waals surface area contributed by atoms with Gasteiger partial charge in [0.2, 0.25) is 11.8 Å². The highest BCUT2D eigenvalue weighted by atomic mass is 16.2. The Balaban J connectivity index is 1.97. The molecule has 1 heterocycles. The van der Waals surface area contributed by atoms with E-state index >= 15 is 0 Å². The van der Waals surface area contributed by atoms with E-state index in [-0.39, 0.29) is 17.7 Å². The lowest BCUT2D eigenvalue weighted by Gasteiger charge is -2.28. The van der Waals surface area contributed by atoms with E-state index in [1.54, 1.807) is 0 Å². The summed E-state index contributed by atoms with van der Waals surface area (Å²) in [5, 5.41) is 3.14. The number of nitrogens with zero attached hydrogens (tertiary/aromatic N) is 2. The van der Waals surface area contributed by atoms with Crippen LogP contribution >= 0.6 is 0 Å². The van der Waals surface area contributed by atoms with E-state index in [2.05, 4.69) is 50.0 Å². The maximum Gasteiger partial charge on any atom is 0.245 e. The molecule has 0 atom stereocenters. The predicted molar refractivity (Wildman–Crippen MR) is 137 cm³/mol. The molecule has 0 aromatic heterocycles. The fraction of sp³-hybridized carbons (Fsp3) is 0.500. The van der Waals surface area contributed by atoms with Gasteiger partial charge in [0.25, 0.3) is 0 Å². The molecule has 33 heavy (non-hydrogen) atoms. The van der Waals surface area contributed by atoms with Crippen LogP contribution in [0, 0.1) is 5.92 Å². The highest BCUT2D eigenvalue weighted by molar-refractivity contribution is 6.04. The first-order valence-electron chi connectivity index (χ1n) is 12.6. The van der Waals surface area contributed by atoms with Crippen LogP contribution < -0.4 is 10.2 Å². The van der Waals surface area contributed by atoms with Crippen LogP contribution in [0.15, 0.2) is 42.5 Å². The highest BCUT2D eigenvalue weighted by Gasteiger charge is 2.27. The summed E-state index contributed by atoms with van der Waals surface area (Å²) in [6.45, 7) is 10.4. The molecule has 5 heteroatoms. The number of fused-ring (bicyclic) bond motifs is 2. The van der Waals surface area contributed by atoms with Gasteiger partial charge in [-0.3, -0.25) is 19.4 Å². The van der Waals surface area contributed by atoms with Gasteiger partial charge in [0.05, 0.1) is 17.9 Å². The van der Waals surface area contributed by atoms with E-state index in [0.717, 1.165) is 74.2 Å². The summed E-state index contributed by atoms with van der Waals surface area (Å²) in [6, 6.07) is 14.2. The van der Waals surface area contributed by atoms with Crippen LogP contribution in [0.25, 0.3) is 0 Å². The minimum absolute atomic E-state index is 0.0277. The Labute approximate surface area is 199 Å². The molecular weight excluding hydrogens is 410 g/mol. The van der Waals surface area contributed by atoms with Gasteiger partial charge in [0.15, 0.2) is 0 Å². The zero-order chi connectivity index (χ0) is 23.8. The van der Waals surface area contributed by atoms with Gasteiger partial charge in [0.1, 0.15) is 0 Å². The van der Waals surface area contributed by atoms with Crippen molar-refractivity contribution in [1.29, 1.82) is 0 Å². The molecule has 178 valence electrons. The van der Waals surface area contributed by atoms with Gasteiger partial charge in [-0.2, -0.15) is 0 Å². The Hall–Kier alpha value is -2.66. The number of amides is 2. The second-order valence-electron chi connectivity index (χ2n) is 8.93. The maximum absolute atomic E-state index is 13.6. The summed E-state index contributed by atoms with van der Waals surface area (Å²) in [5.74, 6) is 0.168. The number of para-hydroxylation sites is 1. The molecule has 2 aromatic rings. The van der Waals surface area contributed by atoms with Gasteiger partial charge < -0.3 is 5.32 Å². The third-order valence-electron chi connectivity index (χ3n) is 6.64. The molecule has 0 bridgehead atoms. The van der Waals surface area contributed by atoms with Crippen LogP contribution in [0.1, 0.15) is 64.5 Å². The molecule has 0 spiro atoms. The summed E-state index contributed by atoms with van der Waals surface area (Å²) in [7, 11) is 0. The van der Waals surface area contributed by atoms with Crippen molar-refractivity contribution >= 4 is 28.9 Å². The average Bonchev–Trinajstić information content (AvgIpc) is 2.98. The van der Waals surface area contributed by atoms with Crippen molar-refractivity contribution in [3.05, 3.63) is 53.6 Å². The van der Waals surface area contributed by atoms with Gasteiger partial charge >= 0.3 is 0 Å². The molecule has 3 rings (SSSR count). The average molecular weight is 450 g/mol. The lowest BCUT2D eigenvalue weighted by Crippen LogP contribution is -2.38. The number of benzene rings is 2. The van der Waals surface area contributed by atoms with Crippen LogP contribution in [0.2, 0.25) is 0 Å². The van der Waals surface area contributed by atoms with Crippen LogP contribution in [0.3, 0.4) is 0 Å². The molecule has 1 aliphatic rings. The van der Waals surface area contributed by atoms with E-state index in [1.165, 1.54) is 5.56 Å². The summed E-state index contributed by atoms with van der Waals surface area (Å²) >= 11 is 0. The maximum atomic E-state index is 13.6. The Morgan fingerprint density at radius 3 is 2.18 bits per heavy atom. The van der Waals surface area contributed by atoms with Crippen molar-refractivity contribution in [2.45, 2.75) is 66.2 Å². The monoisotopic (exact) mass is 449 g/mol. The number of rotatable bonds is 10.